The molecule has 0 aliphatic rings. The lowest BCUT2D eigenvalue weighted by molar-refractivity contribution is -0.167. The van der Waals surface area contributed by atoms with E-state index >= 15 is 0 Å². The van der Waals surface area contributed by atoms with Crippen LogP contribution in [0.2, 0.25) is 0 Å². The smallest absolute Gasteiger partial charge is 0.306 e. The average Bonchev–Trinajstić information content (AvgIpc) is 3.47. The molecule has 0 saturated carbocycles. The highest BCUT2D eigenvalue weighted by molar-refractivity contribution is 5.71. The third kappa shape index (κ3) is 65.8. The van der Waals surface area contributed by atoms with Crippen LogP contribution in [0.4, 0.5) is 0 Å². The van der Waals surface area contributed by atoms with Gasteiger partial charge < -0.3 is 14.2 Å². The molecule has 0 aromatic rings. The summed E-state index contributed by atoms with van der Waals surface area (Å²) in [5.74, 6) is -0.964. The van der Waals surface area contributed by atoms with Gasteiger partial charge in [0, 0.05) is 19.3 Å². The maximum absolute atomic E-state index is 12.9. The molecule has 462 valence electrons. The van der Waals surface area contributed by atoms with Crippen molar-refractivity contribution in [1.29, 1.82) is 0 Å². The summed E-state index contributed by atoms with van der Waals surface area (Å²) >= 11 is 0. The summed E-state index contributed by atoms with van der Waals surface area (Å²) in [5.41, 5.74) is 0. The van der Waals surface area contributed by atoms with E-state index in [4.69, 9.17) is 14.2 Å². The summed E-state index contributed by atoms with van der Waals surface area (Å²) in [4.78, 5) is 38.4. The molecule has 0 bridgehead atoms. The minimum atomic E-state index is -0.817. The molecule has 0 N–H and O–H groups in total. The fourth-order valence-corrected chi connectivity index (χ4v) is 8.80. The van der Waals surface area contributed by atoms with E-state index in [0.29, 0.717) is 19.3 Å². The van der Waals surface area contributed by atoms with Crippen LogP contribution in [-0.2, 0) is 28.6 Å². The number of carbonyl (C=O) groups excluding carboxylic acids is 3. The van der Waals surface area contributed by atoms with Crippen LogP contribution >= 0.6 is 0 Å². The molecule has 0 spiro atoms. The number of hydrogen-bond acceptors (Lipinski definition) is 6. The Hall–Kier alpha value is -4.97. The number of ether oxygens (including phenoxy) is 3. The van der Waals surface area contributed by atoms with Gasteiger partial charge in [-0.25, -0.2) is 0 Å². The number of hydrogen-bond donors (Lipinski definition) is 0. The lowest BCUT2D eigenvalue weighted by Gasteiger charge is -2.18. The molecule has 0 radical (unpaired) electrons. The van der Waals surface area contributed by atoms with E-state index in [9.17, 15) is 14.4 Å². The van der Waals surface area contributed by atoms with E-state index < -0.39 is 6.10 Å². The maximum atomic E-state index is 12.9. The van der Waals surface area contributed by atoms with Crippen molar-refractivity contribution in [3.8, 4) is 0 Å². The van der Waals surface area contributed by atoms with Crippen molar-refractivity contribution >= 4 is 17.9 Å². The normalized spacial score (nSPS) is 13.2. The highest BCUT2D eigenvalue weighted by atomic mass is 16.6. The molecule has 0 aliphatic carbocycles. The standard InChI is InChI=1S/C76H122O6/c1-4-7-10-13-16-19-22-25-28-31-34-36-37-38-39-41-42-45-48-51-54-57-60-63-66-69-75(78)81-72-73(71-80-74(77)68-65-62-59-56-53-50-47-44-33-30-27-24-21-18-15-12-9-6-3)82-76(79)70-67-64-61-58-55-52-49-46-43-40-35-32-29-26-23-20-17-14-11-8-5-2/h7-8,10-11,16-17,19-21,24-26,28-30,33-36,38-40,46,49,55,58,73H,4-6,9,12-15,18,22-23,27,31-32,37,41-45,47-48,50-54,56-57,59-72H2,1-3H3/b10-7-,11-8-,19-16-,20-17-,24-21-,28-25-,29-26-,33-30-,36-34-,39-38-,40-35-,49-46-,58-55-. The SMILES string of the molecule is CC/C=C\C/C=C\C/C=C\C/C=C\C/C=C\C/C=C\CCCCC(=O)OC(COC(=O)CCCCCCCCC/C=C\C/C=C\CCCCCC)COC(=O)CCCCCCCCCCC/C=C\C/C=C\C/C=C\C/C=C\C/C=C\CC. The minimum Gasteiger partial charge on any atom is -0.462 e. The summed E-state index contributed by atoms with van der Waals surface area (Å²) in [7, 11) is 0. The molecule has 0 rings (SSSR count). The van der Waals surface area contributed by atoms with E-state index in [-0.39, 0.29) is 37.5 Å². The predicted molar refractivity (Wildman–Crippen MR) is 357 cm³/mol. The Balaban J connectivity index is 4.50. The quantitative estimate of drug-likeness (QED) is 0.0261. The number of unbranched alkanes of at least 4 members (excludes halogenated alkanes) is 22. The maximum Gasteiger partial charge on any atom is 0.306 e. The Morgan fingerprint density at radius 2 is 0.476 bits per heavy atom. The van der Waals surface area contributed by atoms with E-state index in [0.717, 1.165) is 141 Å². The van der Waals surface area contributed by atoms with Crippen molar-refractivity contribution in [3.63, 3.8) is 0 Å². The average molecular weight is 1130 g/mol. The van der Waals surface area contributed by atoms with Gasteiger partial charge in [0.1, 0.15) is 13.2 Å². The molecule has 1 atom stereocenters. The van der Waals surface area contributed by atoms with Crippen LogP contribution in [0.25, 0.3) is 0 Å². The van der Waals surface area contributed by atoms with Crippen LogP contribution in [0.3, 0.4) is 0 Å². The number of esters is 3. The Morgan fingerprint density at radius 3 is 0.768 bits per heavy atom. The van der Waals surface area contributed by atoms with Gasteiger partial charge >= 0.3 is 17.9 Å². The molecule has 6 heteroatoms. The van der Waals surface area contributed by atoms with Crippen LogP contribution in [-0.4, -0.2) is 37.2 Å². The van der Waals surface area contributed by atoms with Crippen molar-refractivity contribution in [2.75, 3.05) is 13.2 Å². The number of carbonyl (C=O) groups is 3. The van der Waals surface area contributed by atoms with Crippen LogP contribution < -0.4 is 0 Å². The fraction of sp³-hybridized carbons (Fsp3) is 0.618. The Morgan fingerprint density at radius 1 is 0.256 bits per heavy atom. The van der Waals surface area contributed by atoms with Gasteiger partial charge in [0.15, 0.2) is 6.10 Å². The first-order chi connectivity index (χ1) is 40.5. The van der Waals surface area contributed by atoms with Crippen LogP contribution in [0.5, 0.6) is 0 Å². The second-order valence-electron chi connectivity index (χ2n) is 21.6. The molecule has 82 heavy (non-hydrogen) atoms. The number of rotatable bonds is 59. The Bertz CT molecular complexity index is 1830. The fourth-order valence-electron chi connectivity index (χ4n) is 8.80. The molecule has 6 nitrogen and oxygen atoms in total. The largest absolute Gasteiger partial charge is 0.462 e. The van der Waals surface area contributed by atoms with E-state index in [1.54, 1.807) is 0 Å². The lowest BCUT2D eigenvalue weighted by atomic mass is 10.1. The summed E-state index contributed by atoms with van der Waals surface area (Å²) in [6.45, 7) is 6.36. The van der Waals surface area contributed by atoms with E-state index in [1.165, 1.54) is 96.3 Å². The van der Waals surface area contributed by atoms with Gasteiger partial charge in [-0.2, -0.15) is 0 Å². The molecule has 0 aromatic carbocycles. The van der Waals surface area contributed by atoms with Crippen molar-refractivity contribution in [1.82, 2.24) is 0 Å². The first kappa shape index (κ1) is 77.0. The topological polar surface area (TPSA) is 78.9 Å². The lowest BCUT2D eigenvalue weighted by Crippen LogP contribution is -2.30. The van der Waals surface area contributed by atoms with Crippen molar-refractivity contribution in [2.45, 2.75) is 290 Å². The zero-order valence-corrected chi connectivity index (χ0v) is 52.9. The summed E-state index contributed by atoms with van der Waals surface area (Å²) in [6.07, 6.45) is 99.6. The Kier molecular flexibility index (Phi) is 64.4. The molecule has 0 aromatic heterocycles. The van der Waals surface area contributed by atoms with Gasteiger partial charge in [0.25, 0.3) is 0 Å². The summed E-state index contributed by atoms with van der Waals surface area (Å²) in [6, 6.07) is 0. The van der Waals surface area contributed by atoms with Gasteiger partial charge in [-0.3, -0.25) is 14.4 Å². The van der Waals surface area contributed by atoms with E-state index in [1.807, 2.05) is 0 Å². The molecular weight excluding hydrogens is 1010 g/mol. The Labute approximate surface area is 505 Å². The van der Waals surface area contributed by atoms with Crippen molar-refractivity contribution in [2.24, 2.45) is 0 Å². The molecule has 0 heterocycles. The van der Waals surface area contributed by atoms with Crippen LogP contribution in [0.15, 0.2) is 158 Å². The van der Waals surface area contributed by atoms with Crippen LogP contribution in [0.1, 0.15) is 284 Å². The van der Waals surface area contributed by atoms with Crippen molar-refractivity contribution in [3.05, 3.63) is 158 Å². The molecular formula is C76H122O6. The second kappa shape index (κ2) is 68.5. The highest BCUT2D eigenvalue weighted by Gasteiger charge is 2.19. The zero-order chi connectivity index (χ0) is 59.2. The third-order valence-electron chi connectivity index (χ3n) is 13.7. The van der Waals surface area contributed by atoms with Gasteiger partial charge in [0.05, 0.1) is 0 Å². The van der Waals surface area contributed by atoms with Gasteiger partial charge in [0.2, 0.25) is 0 Å². The number of allylic oxidation sites excluding steroid dienone is 26. The molecule has 0 fully saturated rings. The summed E-state index contributed by atoms with van der Waals surface area (Å²) < 4.78 is 16.9. The first-order valence-electron chi connectivity index (χ1n) is 33.5. The predicted octanol–water partition coefficient (Wildman–Crippen LogP) is 23.3. The molecule has 0 aliphatic heterocycles. The molecule has 0 amide bonds. The highest BCUT2D eigenvalue weighted by Crippen LogP contribution is 2.15. The van der Waals surface area contributed by atoms with Gasteiger partial charge in [-0.15, -0.1) is 0 Å². The van der Waals surface area contributed by atoms with Crippen molar-refractivity contribution < 1.29 is 28.6 Å². The van der Waals surface area contributed by atoms with E-state index in [2.05, 4.69) is 179 Å². The monoisotopic (exact) mass is 1130 g/mol. The third-order valence-corrected chi connectivity index (χ3v) is 13.7. The second-order valence-corrected chi connectivity index (χ2v) is 21.6. The minimum absolute atomic E-state index is 0.108. The molecule has 1 unspecified atom stereocenters. The first-order valence-corrected chi connectivity index (χ1v) is 33.5. The van der Waals surface area contributed by atoms with Gasteiger partial charge in [-0.1, -0.05) is 275 Å². The van der Waals surface area contributed by atoms with Crippen LogP contribution in [0, 0.1) is 0 Å². The molecule has 0 saturated heterocycles. The van der Waals surface area contributed by atoms with Gasteiger partial charge in [-0.05, 0) is 148 Å². The zero-order valence-electron chi connectivity index (χ0n) is 52.9. The summed E-state index contributed by atoms with van der Waals surface area (Å²) in [5, 5.41) is 0.